The van der Waals surface area contributed by atoms with E-state index in [9.17, 15) is 19.8 Å². The van der Waals surface area contributed by atoms with Crippen LogP contribution in [0.5, 0.6) is 11.5 Å². The van der Waals surface area contributed by atoms with Gasteiger partial charge in [0.25, 0.3) is 0 Å². The first kappa shape index (κ1) is 33.0. The van der Waals surface area contributed by atoms with Crippen LogP contribution in [0, 0.1) is 0 Å². The Balaban J connectivity index is 1.50. The van der Waals surface area contributed by atoms with E-state index in [-0.39, 0.29) is 11.1 Å². The zero-order valence-corrected chi connectivity index (χ0v) is 27.0. The van der Waals surface area contributed by atoms with Crippen molar-refractivity contribution >= 4 is 36.2 Å². The molecule has 6 aromatic rings. The normalized spacial score (nSPS) is 11.2. The minimum atomic E-state index is -1.08. The van der Waals surface area contributed by atoms with Crippen molar-refractivity contribution in [3.05, 3.63) is 143 Å². The van der Waals surface area contributed by atoms with Gasteiger partial charge in [-0.25, -0.2) is 19.6 Å². The third kappa shape index (κ3) is 7.95. The number of hydrogen-bond donors (Lipinski definition) is 2. The van der Waals surface area contributed by atoms with Crippen molar-refractivity contribution in [3.8, 4) is 45.7 Å². The molecule has 0 aliphatic carbocycles. The van der Waals surface area contributed by atoms with Gasteiger partial charge in [-0.15, -0.1) is 0 Å². The summed E-state index contributed by atoms with van der Waals surface area (Å²) in [4.78, 5) is 42.2. The van der Waals surface area contributed by atoms with Crippen LogP contribution in [0.25, 0.3) is 58.5 Å². The van der Waals surface area contributed by atoms with Crippen LogP contribution in [0.15, 0.2) is 109 Å². The summed E-state index contributed by atoms with van der Waals surface area (Å²) in [6.45, 7) is 0. The van der Waals surface area contributed by atoms with Crippen molar-refractivity contribution in [1.29, 1.82) is 0 Å². The highest BCUT2D eigenvalue weighted by Gasteiger charge is 2.14. The first-order chi connectivity index (χ1) is 24.3. The van der Waals surface area contributed by atoms with E-state index in [0.717, 1.165) is 33.8 Å². The lowest BCUT2D eigenvalue weighted by Gasteiger charge is -2.11. The fourth-order valence-corrected chi connectivity index (χ4v) is 5.04. The van der Waals surface area contributed by atoms with Crippen molar-refractivity contribution in [1.82, 2.24) is 19.9 Å². The maximum Gasteiger partial charge on any atom is 0.335 e. The van der Waals surface area contributed by atoms with Gasteiger partial charge >= 0.3 is 11.9 Å². The second-order valence-corrected chi connectivity index (χ2v) is 11.0. The van der Waals surface area contributed by atoms with E-state index in [1.807, 2.05) is 97.1 Å². The molecule has 2 aromatic carbocycles. The van der Waals surface area contributed by atoms with E-state index < -0.39 is 11.9 Å². The molecule has 0 amide bonds. The molecule has 0 spiro atoms. The van der Waals surface area contributed by atoms with Gasteiger partial charge in [0.2, 0.25) is 0 Å². The molecular formula is C40H30N4O6. The van der Waals surface area contributed by atoms with Gasteiger partial charge in [-0.1, -0.05) is 48.6 Å². The number of rotatable bonds is 11. The Bertz CT molecular complexity index is 2090. The molecule has 2 N–H and O–H groups in total. The van der Waals surface area contributed by atoms with Crippen LogP contribution in [-0.4, -0.2) is 56.3 Å². The number of carboxylic acid groups (broad SMARTS) is 2. The zero-order valence-electron chi connectivity index (χ0n) is 27.0. The van der Waals surface area contributed by atoms with E-state index in [2.05, 4.69) is 9.97 Å². The Morgan fingerprint density at radius 1 is 0.480 bits per heavy atom. The van der Waals surface area contributed by atoms with E-state index in [1.165, 1.54) is 36.7 Å². The third-order valence-electron chi connectivity index (χ3n) is 7.66. The largest absolute Gasteiger partial charge is 0.497 e. The van der Waals surface area contributed by atoms with Crippen molar-refractivity contribution in [2.45, 2.75) is 0 Å². The van der Waals surface area contributed by atoms with Crippen LogP contribution < -0.4 is 9.47 Å². The smallest absolute Gasteiger partial charge is 0.335 e. The molecule has 4 aromatic heterocycles. The molecule has 4 heterocycles. The average Bonchev–Trinajstić information content (AvgIpc) is 3.16. The molecule has 0 aliphatic rings. The van der Waals surface area contributed by atoms with Crippen molar-refractivity contribution < 1.29 is 29.3 Å². The monoisotopic (exact) mass is 662 g/mol. The van der Waals surface area contributed by atoms with Crippen LogP contribution in [0.1, 0.15) is 43.0 Å². The van der Waals surface area contributed by atoms with Crippen LogP contribution in [0.4, 0.5) is 0 Å². The van der Waals surface area contributed by atoms with E-state index in [4.69, 9.17) is 19.4 Å². The Morgan fingerprint density at radius 3 is 1.16 bits per heavy atom. The molecule has 0 aliphatic heterocycles. The molecule has 0 radical (unpaired) electrons. The molecule has 50 heavy (non-hydrogen) atoms. The summed E-state index contributed by atoms with van der Waals surface area (Å²) < 4.78 is 10.6. The molecule has 0 saturated heterocycles. The molecule has 10 nitrogen and oxygen atoms in total. The predicted molar refractivity (Wildman–Crippen MR) is 192 cm³/mol. The highest BCUT2D eigenvalue weighted by molar-refractivity contribution is 5.89. The lowest BCUT2D eigenvalue weighted by molar-refractivity contribution is 0.0686. The summed E-state index contributed by atoms with van der Waals surface area (Å²) in [5, 5.41) is 19.3. The summed E-state index contributed by atoms with van der Waals surface area (Å²) in [6, 6.07) is 28.4. The van der Waals surface area contributed by atoms with Crippen molar-refractivity contribution in [2.75, 3.05) is 14.2 Å². The molecule has 246 valence electrons. The van der Waals surface area contributed by atoms with Gasteiger partial charge in [0.15, 0.2) is 0 Å². The topological polar surface area (TPSA) is 145 Å². The predicted octanol–water partition coefficient (Wildman–Crippen LogP) is 8.02. The average molecular weight is 663 g/mol. The van der Waals surface area contributed by atoms with Gasteiger partial charge in [0.1, 0.15) is 11.5 Å². The molecule has 0 unspecified atom stereocenters. The zero-order chi connectivity index (χ0) is 35.0. The standard InChI is InChI=1S/C40H30N4O6/c1-49-31-11-7-25(8-12-31)3-5-27-19-35(33-23-29(39(45)46)15-17-41-33)43-37(21-27)38-22-28(6-4-26-9-13-32(50-2)14-10-26)20-36(44-38)34-24-30(40(47)48)16-18-42-34/h3-24H,1-2H3,(H,45,46)(H,47,48). The number of nitrogens with zero attached hydrogens (tertiary/aromatic N) is 4. The van der Waals surface area contributed by atoms with Crippen molar-refractivity contribution in [3.63, 3.8) is 0 Å². The minimum absolute atomic E-state index is 0.0768. The van der Waals surface area contributed by atoms with Gasteiger partial charge < -0.3 is 19.7 Å². The van der Waals surface area contributed by atoms with Crippen LogP contribution in [0.3, 0.4) is 0 Å². The fourth-order valence-electron chi connectivity index (χ4n) is 5.04. The molecule has 0 atom stereocenters. The number of benzene rings is 2. The van der Waals surface area contributed by atoms with Crippen LogP contribution >= 0.6 is 0 Å². The third-order valence-corrected chi connectivity index (χ3v) is 7.66. The summed E-state index contributed by atoms with van der Waals surface area (Å²) in [6.07, 6.45) is 10.6. The van der Waals surface area contributed by atoms with Gasteiger partial charge in [-0.3, -0.25) is 9.97 Å². The molecule has 0 bridgehead atoms. The summed E-state index contributed by atoms with van der Waals surface area (Å²) in [5.74, 6) is -0.677. The fraction of sp³-hybridized carbons (Fsp3) is 0.0500. The van der Waals surface area contributed by atoms with Crippen LogP contribution in [-0.2, 0) is 0 Å². The molecular weight excluding hydrogens is 632 g/mol. The van der Waals surface area contributed by atoms with Crippen LogP contribution in [0.2, 0.25) is 0 Å². The van der Waals surface area contributed by atoms with E-state index >= 15 is 0 Å². The molecule has 0 saturated carbocycles. The quantitative estimate of drug-likeness (QED) is 0.140. The van der Waals surface area contributed by atoms with Crippen molar-refractivity contribution in [2.24, 2.45) is 0 Å². The first-order valence-electron chi connectivity index (χ1n) is 15.4. The number of aromatic carboxylic acids is 2. The second kappa shape index (κ2) is 14.9. The number of ether oxygens (including phenoxy) is 2. The number of hydrogen-bond acceptors (Lipinski definition) is 8. The van der Waals surface area contributed by atoms with E-state index in [0.29, 0.717) is 34.2 Å². The maximum atomic E-state index is 11.8. The van der Waals surface area contributed by atoms with Gasteiger partial charge in [-0.05, 0) is 95.1 Å². The SMILES string of the molecule is COc1ccc(C=Cc2cc(-c3cc(C(=O)O)ccn3)nc(-c3cc(C=Cc4ccc(OC)cc4)cc(-c4cc(C(=O)O)ccn4)n3)c2)cc1. The molecule has 0 fully saturated rings. The second-order valence-electron chi connectivity index (χ2n) is 11.0. The lowest BCUT2D eigenvalue weighted by Crippen LogP contribution is -2.00. The summed E-state index contributed by atoms with van der Waals surface area (Å²) in [7, 11) is 3.22. The minimum Gasteiger partial charge on any atom is -0.497 e. The Kier molecular flexibility index (Phi) is 9.81. The van der Waals surface area contributed by atoms with Gasteiger partial charge in [0, 0.05) is 12.4 Å². The Labute approximate surface area is 287 Å². The highest BCUT2D eigenvalue weighted by Crippen LogP contribution is 2.29. The Hall–Kier alpha value is -6.94. The Morgan fingerprint density at radius 2 is 0.820 bits per heavy atom. The lowest BCUT2D eigenvalue weighted by atomic mass is 10.0. The number of aromatic nitrogens is 4. The molecule has 10 heteroatoms. The number of carbonyl (C=O) groups is 2. The first-order valence-corrected chi connectivity index (χ1v) is 15.4. The highest BCUT2D eigenvalue weighted by atomic mass is 16.5. The van der Waals surface area contributed by atoms with Gasteiger partial charge in [-0.2, -0.15) is 0 Å². The number of methoxy groups -OCH3 is 2. The summed E-state index contributed by atoms with van der Waals surface area (Å²) in [5.41, 5.74) is 6.13. The van der Waals surface area contributed by atoms with E-state index in [1.54, 1.807) is 14.2 Å². The maximum absolute atomic E-state index is 11.8. The number of carboxylic acids is 2. The number of pyridine rings is 4. The molecule has 6 rings (SSSR count). The van der Waals surface area contributed by atoms with Gasteiger partial charge in [0.05, 0.1) is 59.5 Å². The summed E-state index contributed by atoms with van der Waals surface area (Å²) >= 11 is 0.